The van der Waals surface area contributed by atoms with Crippen LogP contribution in [0.1, 0.15) is 27.2 Å². The summed E-state index contributed by atoms with van der Waals surface area (Å²) < 4.78 is 18.9. The van der Waals surface area contributed by atoms with Crippen molar-refractivity contribution < 1.29 is 43.2 Å². The van der Waals surface area contributed by atoms with E-state index in [0.29, 0.717) is 0 Å². The van der Waals surface area contributed by atoms with Crippen LogP contribution in [0.15, 0.2) is 11.5 Å². The molecule has 0 aliphatic carbocycles. The molecule has 2 unspecified atom stereocenters. The smallest absolute Gasteiger partial charge is 0.378 e. The summed E-state index contributed by atoms with van der Waals surface area (Å²) in [4.78, 5) is 44.8. The van der Waals surface area contributed by atoms with Gasteiger partial charge in [0.15, 0.2) is 6.10 Å². The zero-order valence-electron chi connectivity index (χ0n) is 12.3. The molecule has 0 saturated carbocycles. The molecule has 22 heavy (non-hydrogen) atoms. The van der Waals surface area contributed by atoms with E-state index in [4.69, 9.17) is 14.2 Å². The molecule has 0 spiro atoms. The first-order chi connectivity index (χ1) is 10.3. The van der Waals surface area contributed by atoms with E-state index in [9.17, 15) is 24.3 Å². The third-order valence-corrected chi connectivity index (χ3v) is 2.45. The number of ether oxygens (including phenoxy) is 4. The minimum Gasteiger partial charge on any atom is -0.463 e. The fourth-order valence-electron chi connectivity index (χ4n) is 1.57. The van der Waals surface area contributed by atoms with E-state index in [1.165, 1.54) is 0 Å². The Morgan fingerprint density at radius 1 is 1.23 bits per heavy atom. The topological polar surface area (TPSA) is 125 Å². The van der Waals surface area contributed by atoms with Gasteiger partial charge in [-0.3, -0.25) is 14.4 Å². The number of esters is 4. The maximum absolute atomic E-state index is 11.6. The molecule has 1 aliphatic rings. The van der Waals surface area contributed by atoms with Gasteiger partial charge in [-0.15, -0.1) is 0 Å². The summed E-state index contributed by atoms with van der Waals surface area (Å²) in [6.07, 6.45) is -2.81. The Labute approximate surface area is 125 Å². The average molecular weight is 316 g/mol. The second kappa shape index (κ2) is 7.55. The van der Waals surface area contributed by atoms with Crippen molar-refractivity contribution >= 4 is 23.9 Å². The van der Waals surface area contributed by atoms with Crippen LogP contribution in [-0.2, 0) is 38.1 Å². The Morgan fingerprint density at radius 3 is 2.32 bits per heavy atom. The molecule has 0 bridgehead atoms. The van der Waals surface area contributed by atoms with Crippen LogP contribution in [0, 0.1) is 0 Å². The van der Waals surface area contributed by atoms with E-state index < -0.39 is 54.2 Å². The molecule has 0 radical (unpaired) electrons. The van der Waals surface area contributed by atoms with Crippen molar-refractivity contribution in [1.82, 2.24) is 0 Å². The number of carbonyl (C=O) groups is 4. The van der Waals surface area contributed by atoms with Gasteiger partial charge in [0.05, 0.1) is 0 Å². The molecule has 1 heterocycles. The molecule has 0 aromatic heterocycles. The quantitative estimate of drug-likeness (QED) is 0.512. The second-order valence-electron chi connectivity index (χ2n) is 4.31. The van der Waals surface area contributed by atoms with Gasteiger partial charge >= 0.3 is 23.9 Å². The van der Waals surface area contributed by atoms with Crippen molar-refractivity contribution in [3.05, 3.63) is 11.5 Å². The Bertz CT molecular complexity index is 520. The Balaban J connectivity index is 2.94. The summed E-state index contributed by atoms with van der Waals surface area (Å²) in [7, 11) is 0. The lowest BCUT2D eigenvalue weighted by Crippen LogP contribution is -2.34. The van der Waals surface area contributed by atoms with Gasteiger partial charge in [0, 0.05) is 20.3 Å². The lowest BCUT2D eigenvalue weighted by atomic mass is 10.2. The van der Waals surface area contributed by atoms with Crippen LogP contribution in [0.25, 0.3) is 0 Å². The Kier molecular flexibility index (Phi) is 6.05. The highest BCUT2D eigenvalue weighted by atomic mass is 16.6. The fraction of sp³-hybridized carbons (Fsp3) is 0.538. The molecule has 0 amide bonds. The Morgan fingerprint density at radius 2 is 1.82 bits per heavy atom. The van der Waals surface area contributed by atoms with Gasteiger partial charge in [-0.1, -0.05) is 6.92 Å². The summed E-state index contributed by atoms with van der Waals surface area (Å²) in [5.41, 5.74) is 0. The third-order valence-electron chi connectivity index (χ3n) is 2.45. The summed E-state index contributed by atoms with van der Waals surface area (Å²) in [5, 5.41) is 9.93. The normalized spacial score (nSPS) is 18.5. The first-order valence-electron chi connectivity index (χ1n) is 6.41. The first kappa shape index (κ1) is 17.6. The van der Waals surface area contributed by atoms with Gasteiger partial charge in [0.1, 0.15) is 12.7 Å². The first-order valence-corrected chi connectivity index (χ1v) is 6.41. The number of carbonyl (C=O) groups excluding carboxylic acids is 4. The molecule has 9 nitrogen and oxygen atoms in total. The lowest BCUT2D eigenvalue weighted by Gasteiger charge is -2.18. The zero-order valence-corrected chi connectivity index (χ0v) is 12.3. The highest BCUT2D eigenvalue weighted by molar-refractivity contribution is 5.93. The average Bonchev–Trinajstić information content (AvgIpc) is 2.72. The summed E-state index contributed by atoms with van der Waals surface area (Å²) in [6.45, 7) is 3.18. The zero-order chi connectivity index (χ0) is 16.9. The maximum atomic E-state index is 11.6. The highest BCUT2D eigenvalue weighted by Crippen LogP contribution is 2.27. The molecular weight excluding hydrogens is 300 g/mol. The van der Waals surface area contributed by atoms with Crippen LogP contribution in [0.3, 0.4) is 0 Å². The van der Waals surface area contributed by atoms with E-state index in [-0.39, 0.29) is 6.42 Å². The molecular formula is C13H16O9. The van der Waals surface area contributed by atoms with Crippen molar-refractivity contribution in [2.45, 2.75) is 39.4 Å². The van der Waals surface area contributed by atoms with Gasteiger partial charge < -0.3 is 24.1 Å². The minimum atomic E-state index is -1.48. The fourth-order valence-corrected chi connectivity index (χ4v) is 1.57. The van der Waals surface area contributed by atoms with Gasteiger partial charge in [-0.25, -0.2) is 4.79 Å². The van der Waals surface area contributed by atoms with Crippen LogP contribution in [0.2, 0.25) is 0 Å². The molecule has 0 fully saturated rings. The number of aliphatic hydroxyl groups excluding tert-OH is 1. The molecule has 0 aromatic rings. The van der Waals surface area contributed by atoms with Crippen LogP contribution >= 0.6 is 0 Å². The maximum Gasteiger partial charge on any atom is 0.378 e. The van der Waals surface area contributed by atoms with Crippen molar-refractivity contribution in [2.24, 2.45) is 0 Å². The molecule has 1 aliphatic heterocycles. The predicted octanol–water partition coefficient (Wildman–Crippen LogP) is -0.436. The van der Waals surface area contributed by atoms with Crippen molar-refractivity contribution in [1.29, 1.82) is 0 Å². The highest BCUT2D eigenvalue weighted by Gasteiger charge is 2.43. The number of cyclic esters (lactones) is 1. The largest absolute Gasteiger partial charge is 0.463 e. The van der Waals surface area contributed by atoms with Gasteiger partial charge in [-0.2, -0.15) is 0 Å². The SMILES string of the molecule is CCC(=O)OCC(O)C1OC(=O)C(OC(C)=O)=C1OC(C)=O. The van der Waals surface area contributed by atoms with Crippen molar-refractivity contribution in [3.8, 4) is 0 Å². The molecule has 2 atom stereocenters. The van der Waals surface area contributed by atoms with Crippen LogP contribution in [-0.4, -0.2) is 47.8 Å². The lowest BCUT2D eigenvalue weighted by molar-refractivity contribution is -0.157. The molecule has 1 N–H and O–H groups in total. The predicted molar refractivity (Wildman–Crippen MR) is 67.7 cm³/mol. The van der Waals surface area contributed by atoms with Gasteiger partial charge in [0.2, 0.25) is 5.76 Å². The van der Waals surface area contributed by atoms with E-state index in [1.54, 1.807) is 6.92 Å². The van der Waals surface area contributed by atoms with E-state index in [2.05, 4.69) is 4.74 Å². The Hall–Kier alpha value is -2.42. The third kappa shape index (κ3) is 4.55. The van der Waals surface area contributed by atoms with E-state index >= 15 is 0 Å². The second-order valence-corrected chi connectivity index (χ2v) is 4.31. The number of aliphatic hydroxyl groups is 1. The van der Waals surface area contributed by atoms with Crippen LogP contribution < -0.4 is 0 Å². The minimum absolute atomic E-state index is 0.0997. The van der Waals surface area contributed by atoms with Crippen LogP contribution in [0.5, 0.6) is 0 Å². The standard InChI is InChI=1S/C13H16O9/c1-4-9(17)19-5-8(16)10-11(20-6(2)14)12(13(18)22-10)21-7(3)15/h8,10,16H,4-5H2,1-3H3. The number of hydrogen-bond donors (Lipinski definition) is 1. The molecule has 9 heteroatoms. The summed E-state index contributed by atoms with van der Waals surface area (Å²) >= 11 is 0. The summed E-state index contributed by atoms with van der Waals surface area (Å²) in [6, 6.07) is 0. The van der Waals surface area contributed by atoms with E-state index in [1.807, 2.05) is 0 Å². The van der Waals surface area contributed by atoms with Gasteiger partial charge in [-0.05, 0) is 0 Å². The van der Waals surface area contributed by atoms with Crippen LogP contribution in [0.4, 0.5) is 0 Å². The summed E-state index contributed by atoms with van der Waals surface area (Å²) in [5.74, 6) is -4.33. The molecule has 0 saturated heterocycles. The molecule has 1 rings (SSSR count). The molecule has 0 aromatic carbocycles. The monoisotopic (exact) mass is 316 g/mol. The number of hydrogen-bond acceptors (Lipinski definition) is 9. The van der Waals surface area contributed by atoms with Gasteiger partial charge in [0.25, 0.3) is 5.76 Å². The molecule has 122 valence electrons. The number of rotatable bonds is 6. The van der Waals surface area contributed by atoms with Crippen molar-refractivity contribution in [3.63, 3.8) is 0 Å². The van der Waals surface area contributed by atoms with E-state index in [0.717, 1.165) is 13.8 Å². The van der Waals surface area contributed by atoms with Crippen molar-refractivity contribution in [2.75, 3.05) is 6.61 Å².